The van der Waals surface area contributed by atoms with E-state index in [-0.39, 0.29) is 18.6 Å². The Morgan fingerprint density at radius 3 is 2.47 bits per heavy atom. The first-order chi connectivity index (χ1) is 8.93. The van der Waals surface area contributed by atoms with Crippen molar-refractivity contribution in [3.63, 3.8) is 0 Å². The van der Waals surface area contributed by atoms with Crippen molar-refractivity contribution in [1.82, 2.24) is 9.44 Å². The number of carbonyl (C=O) groups is 1. The highest BCUT2D eigenvalue weighted by atomic mass is 35.5. The Balaban J connectivity index is 2.51. The van der Waals surface area contributed by atoms with Gasteiger partial charge in [0.2, 0.25) is 0 Å². The van der Waals surface area contributed by atoms with Crippen molar-refractivity contribution in [2.45, 2.75) is 39.0 Å². The van der Waals surface area contributed by atoms with Crippen molar-refractivity contribution >= 4 is 27.9 Å². The number of halogens is 1. The minimum Gasteiger partial charge on any atom is -0.449 e. The third-order valence-corrected chi connectivity index (χ3v) is 4.85. The number of alkyl halides is 1. The first kappa shape index (κ1) is 16.5. The molecule has 8 heteroatoms. The average molecular weight is 313 g/mol. The van der Waals surface area contributed by atoms with Gasteiger partial charge in [-0.25, -0.2) is 9.52 Å². The molecule has 0 spiro atoms. The van der Waals surface area contributed by atoms with E-state index in [0.717, 1.165) is 32.1 Å². The van der Waals surface area contributed by atoms with Crippen LogP contribution in [0.5, 0.6) is 0 Å². The summed E-state index contributed by atoms with van der Waals surface area (Å²) in [5.41, 5.74) is -0.205. The van der Waals surface area contributed by atoms with E-state index >= 15 is 0 Å². The third kappa shape index (κ3) is 5.54. The maximum Gasteiger partial charge on any atom is 0.421 e. The molecule has 0 atom stereocenters. The van der Waals surface area contributed by atoms with E-state index in [9.17, 15) is 13.2 Å². The van der Waals surface area contributed by atoms with Crippen LogP contribution < -0.4 is 9.44 Å². The molecule has 112 valence electrons. The van der Waals surface area contributed by atoms with Gasteiger partial charge < -0.3 is 4.74 Å². The van der Waals surface area contributed by atoms with E-state index in [4.69, 9.17) is 11.6 Å². The van der Waals surface area contributed by atoms with Gasteiger partial charge in [0.05, 0.1) is 6.61 Å². The summed E-state index contributed by atoms with van der Waals surface area (Å²) >= 11 is 5.97. The molecule has 0 heterocycles. The zero-order chi connectivity index (χ0) is 14.4. The van der Waals surface area contributed by atoms with Gasteiger partial charge in [-0.2, -0.15) is 13.1 Å². The maximum absolute atomic E-state index is 11.7. The highest BCUT2D eigenvalue weighted by Crippen LogP contribution is 2.36. The van der Waals surface area contributed by atoms with Crippen LogP contribution in [0.25, 0.3) is 0 Å². The van der Waals surface area contributed by atoms with E-state index < -0.39 is 16.3 Å². The van der Waals surface area contributed by atoms with Crippen molar-refractivity contribution in [3.05, 3.63) is 0 Å². The predicted octanol–water partition coefficient (Wildman–Crippen LogP) is 1.76. The van der Waals surface area contributed by atoms with Gasteiger partial charge in [-0.3, -0.25) is 0 Å². The molecule has 19 heavy (non-hydrogen) atoms. The van der Waals surface area contributed by atoms with E-state index in [2.05, 4.69) is 9.46 Å². The van der Waals surface area contributed by atoms with E-state index in [1.165, 1.54) is 0 Å². The molecule has 2 N–H and O–H groups in total. The van der Waals surface area contributed by atoms with Crippen LogP contribution >= 0.6 is 11.6 Å². The molecule has 0 aromatic rings. The van der Waals surface area contributed by atoms with Gasteiger partial charge in [0.25, 0.3) is 0 Å². The lowest BCUT2D eigenvalue weighted by atomic mass is 9.76. The van der Waals surface area contributed by atoms with Gasteiger partial charge in [0.1, 0.15) is 0 Å². The first-order valence-corrected chi connectivity index (χ1v) is 8.45. The molecule has 1 aliphatic rings. The van der Waals surface area contributed by atoms with Gasteiger partial charge in [-0.05, 0) is 25.2 Å². The lowest BCUT2D eigenvalue weighted by molar-refractivity contribution is 0.158. The molecule has 1 rings (SSSR count). The van der Waals surface area contributed by atoms with Crippen LogP contribution in [0.2, 0.25) is 0 Å². The van der Waals surface area contributed by atoms with Crippen molar-refractivity contribution in [2.24, 2.45) is 5.41 Å². The molecule has 1 fully saturated rings. The maximum atomic E-state index is 11.7. The number of carbonyl (C=O) groups excluding carboxylic acids is 1. The Bertz CT molecular complexity index is 393. The average Bonchev–Trinajstić information content (AvgIpc) is 2.37. The number of amides is 1. The fraction of sp³-hybridized carbons (Fsp3) is 0.909. The van der Waals surface area contributed by atoms with Crippen LogP contribution in [0.4, 0.5) is 4.79 Å². The minimum absolute atomic E-state index is 0.118. The normalized spacial score (nSPS) is 18.8. The molecule has 0 saturated heterocycles. The van der Waals surface area contributed by atoms with Gasteiger partial charge in [-0.1, -0.05) is 19.3 Å². The van der Waals surface area contributed by atoms with Crippen LogP contribution in [-0.4, -0.2) is 33.5 Å². The molecule has 0 unspecified atom stereocenters. The highest BCUT2D eigenvalue weighted by molar-refractivity contribution is 7.88. The first-order valence-electron chi connectivity index (χ1n) is 6.43. The number of ether oxygens (including phenoxy) is 1. The largest absolute Gasteiger partial charge is 0.449 e. The van der Waals surface area contributed by atoms with Gasteiger partial charge >= 0.3 is 16.3 Å². The Morgan fingerprint density at radius 2 is 1.95 bits per heavy atom. The molecule has 1 aliphatic carbocycles. The summed E-state index contributed by atoms with van der Waals surface area (Å²) < 4.78 is 32.0. The van der Waals surface area contributed by atoms with E-state index in [1.807, 2.05) is 0 Å². The Labute approximate surface area is 119 Å². The second kappa shape index (κ2) is 7.31. The summed E-state index contributed by atoms with van der Waals surface area (Å²) in [6.07, 6.45) is 4.10. The summed E-state index contributed by atoms with van der Waals surface area (Å²) in [6, 6.07) is 0. The number of rotatable bonds is 6. The summed E-state index contributed by atoms with van der Waals surface area (Å²) in [6.45, 7) is 1.96. The second-order valence-electron chi connectivity index (χ2n) is 4.84. The van der Waals surface area contributed by atoms with E-state index in [0.29, 0.717) is 5.88 Å². The van der Waals surface area contributed by atoms with Gasteiger partial charge in [-0.15, -0.1) is 11.6 Å². The molecule has 0 radical (unpaired) electrons. The third-order valence-electron chi connectivity index (χ3n) is 3.33. The molecule has 6 nitrogen and oxygen atoms in total. The highest BCUT2D eigenvalue weighted by Gasteiger charge is 2.32. The number of nitrogens with one attached hydrogen (secondary N) is 2. The molecule has 0 aliphatic heterocycles. The quantitative estimate of drug-likeness (QED) is 0.732. The molecular weight excluding hydrogens is 292 g/mol. The summed E-state index contributed by atoms with van der Waals surface area (Å²) in [5, 5.41) is 0. The second-order valence-corrected chi connectivity index (χ2v) is 6.61. The van der Waals surface area contributed by atoms with Crippen LogP contribution in [0.15, 0.2) is 0 Å². The topological polar surface area (TPSA) is 84.5 Å². The zero-order valence-corrected chi connectivity index (χ0v) is 12.6. The standard InChI is InChI=1S/C11H21ClN2O4S/c1-2-18-10(15)14-19(16,17)13-9-11(8-12)6-4-3-5-7-11/h13H,2-9H2,1H3,(H,14,15). The fourth-order valence-electron chi connectivity index (χ4n) is 2.21. The Morgan fingerprint density at radius 1 is 1.32 bits per heavy atom. The molecule has 0 aromatic heterocycles. The van der Waals surface area contributed by atoms with Crippen LogP contribution in [-0.2, 0) is 14.9 Å². The molecule has 0 bridgehead atoms. The van der Waals surface area contributed by atoms with Crippen LogP contribution in [0, 0.1) is 5.41 Å². The SMILES string of the molecule is CCOC(=O)NS(=O)(=O)NCC1(CCl)CCCCC1. The summed E-state index contributed by atoms with van der Waals surface area (Å²) in [4.78, 5) is 11.1. The van der Waals surface area contributed by atoms with Crippen molar-refractivity contribution in [1.29, 1.82) is 0 Å². The number of hydrogen-bond acceptors (Lipinski definition) is 4. The lowest BCUT2D eigenvalue weighted by Gasteiger charge is -2.35. The lowest BCUT2D eigenvalue weighted by Crippen LogP contribution is -2.46. The van der Waals surface area contributed by atoms with Crippen molar-refractivity contribution < 1.29 is 17.9 Å². The van der Waals surface area contributed by atoms with Crippen molar-refractivity contribution in [2.75, 3.05) is 19.0 Å². The fourth-order valence-corrected chi connectivity index (χ4v) is 3.42. The smallest absolute Gasteiger partial charge is 0.421 e. The summed E-state index contributed by atoms with van der Waals surface area (Å²) in [7, 11) is -3.88. The zero-order valence-electron chi connectivity index (χ0n) is 11.1. The Kier molecular flexibility index (Phi) is 6.35. The van der Waals surface area contributed by atoms with E-state index in [1.54, 1.807) is 11.6 Å². The Hall–Kier alpha value is -0.530. The van der Waals surface area contributed by atoms with Crippen LogP contribution in [0.1, 0.15) is 39.0 Å². The van der Waals surface area contributed by atoms with Crippen molar-refractivity contribution in [3.8, 4) is 0 Å². The monoisotopic (exact) mass is 312 g/mol. The number of hydrogen-bond donors (Lipinski definition) is 2. The van der Waals surface area contributed by atoms with Gasteiger partial charge in [0.15, 0.2) is 0 Å². The molecule has 1 saturated carbocycles. The molecular formula is C11H21ClN2O4S. The predicted molar refractivity (Wildman–Crippen MR) is 73.3 cm³/mol. The van der Waals surface area contributed by atoms with Gasteiger partial charge in [0, 0.05) is 12.4 Å². The minimum atomic E-state index is -3.88. The molecule has 0 aromatic carbocycles. The summed E-state index contributed by atoms with van der Waals surface area (Å²) in [5.74, 6) is 0.412. The van der Waals surface area contributed by atoms with Crippen LogP contribution in [0.3, 0.4) is 0 Å². The molecule has 1 amide bonds.